The summed E-state index contributed by atoms with van der Waals surface area (Å²) in [6.45, 7) is 3.36. The Balaban J connectivity index is 3.29. The predicted molar refractivity (Wildman–Crippen MR) is 45.9 cm³/mol. The van der Waals surface area contributed by atoms with E-state index in [9.17, 15) is 13.2 Å². The molecule has 5 heteroatoms. The number of ether oxygens (including phenoxy) is 1. The number of alkyl halides is 3. The van der Waals surface area contributed by atoms with Crippen LogP contribution in [0.4, 0.5) is 13.2 Å². The normalized spacial score (nSPS) is 11.1. The van der Waals surface area contributed by atoms with Gasteiger partial charge in [-0.1, -0.05) is 12.7 Å². The Morgan fingerprint density at radius 1 is 1.50 bits per heavy atom. The maximum atomic E-state index is 12.4. The topological polar surface area (TPSA) is 22.1 Å². The molecule has 0 aromatic carbocycles. The molecule has 0 unspecified atom stereocenters. The second-order valence-electron chi connectivity index (χ2n) is 2.53. The molecule has 0 N–H and O–H groups in total. The summed E-state index contributed by atoms with van der Waals surface area (Å²) >= 11 is 0. The summed E-state index contributed by atoms with van der Waals surface area (Å²) in [5, 5.41) is 0. The van der Waals surface area contributed by atoms with Crippen molar-refractivity contribution < 1.29 is 17.9 Å². The van der Waals surface area contributed by atoms with E-state index >= 15 is 0 Å². The average Bonchev–Trinajstić information content (AvgIpc) is 2.15. The average molecular weight is 203 g/mol. The molecular weight excluding hydrogens is 195 g/mol. The van der Waals surface area contributed by atoms with Gasteiger partial charge in [0.2, 0.25) is 5.88 Å². The van der Waals surface area contributed by atoms with Gasteiger partial charge >= 0.3 is 6.18 Å². The molecule has 76 valence electrons. The van der Waals surface area contributed by atoms with E-state index in [0.717, 1.165) is 13.2 Å². The Labute approximate surface area is 79.0 Å². The number of rotatable bonds is 2. The van der Waals surface area contributed by atoms with Crippen LogP contribution in [-0.4, -0.2) is 12.1 Å². The molecule has 1 heterocycles. The van der Waals surface area contributed by atoms with Crippen molar-refractivity contribution in [2.75, 3.05) is 7.11 Å². The van der Waals surface area contributed by atoms with Crippen molar-refractivity contribution >= 4 is 6.08 Å². The fraction of sp³-hybridized carbons (Fsp3) is 0.222. The van der Waals surface area contributed by atoms with Crippen LogP contribution in [0.25, 0.3) is 6.08 Å². The van der Waals surface area contributed by atoms with Crippen LogP contribution in [0.3, 0.4) is 0 Å². The molecule has 0 aliphatic rings. The van der Waals surface area contributed by atoms with Crippen molar-refractivity contribution in [1.82, 2.24) is 4.98 Å². The maximum Gasteiger partial charge on any atom is 0.421 e. The van der Waals surface area contributed by atoms with E-state index in [1.54, 1.807) is 0 Å². The third-order valence-electron chi connectivity index (χ3n) is 1.61. The van der Waals surface area contributed by atoms with Crippen molar-refractivity contribution in [2.45, 2.75) is 6.18 Å². The molecular formula is C9H8F3NO. The van der Waals surface area contributed by atoms with E-state index in [4.69, 9.17) is 0 Å². The third-order valence-corrected chi connectivity index (χ3v) is 1.61. The van der Waals surface area contributed by atoms with Crippen molar-refractivity contribution in [3.63, 3.8) is 0 Å². The van der Waals surface area contributed by atoms with Crippen LogP contribution < -0.4 is 4.74 Å². The molecule has 0 aliphatic heterocycles. The van der Waals surface area contributed by atoms with Crippen molar-refractivity contribution in [3.8, 4) is 5.88 Å². The van der Waals surface area contributed by atoms with Crippen LogP contribution >= 0.6 is 0 Å². The Bertz CT molecular complexity index is 346. The Morgan fingerprint density at radius 2 is 2.14 bits per heavy atom. The summed E-state index contributed by atoms with van der Waals surface area (Å²) in [4.78, 5) is 3.52. The molecule has 0 fully saturated rings. The number of nitrogens with zero attached hydrogens (tertiary/aromatic N) is 1. The fourth-order valence-electron chi connectivity index (χ4n) is 0.946. The van der Waals surface area contributed by atoms with Gasteiger partial charge in [0, 0.05) is 6.20 Å². The first-order valence-corrected chi connectivity index (χ1v) is 3.72. The number of hydrogen-bond acceptors (Lipinski definition) is 2. The predicted octanol–water partition coefficient (Wildman–Crippen LogP) is 2.75. The van der Waals surface area contributed by atoms with Gasteiger partial charge in [-0.3, -0.25) is 0 Å². The summed E-state index contributed by atoms with van der Waals surface area (Å²) in [5.41, 5.74) is -0.587. The van der Waals surface area contributed by atoms with Crippen LogP contribution in [0, 0.1) is 0 Å². The van der Waals surface area contributed by atoms with Crippen LogP contribution in [-0.2, 0) is 6.18 Å². The summed E-state index contributed by atoms with van der Waals surface area (Å²) < 4.78 is 41.7. The van der Waals surface area contributed by atoms with E-state index in [-0.39, 0.29) is 0 Å². The second-order valence-corrected chi connectivity index (χ2v) is 2.53. The van der Waals surface area contributed by atoms with Gasteiger partial charge in [-0.2, -0.15) is 13.2 Å². The lowest BCUT2D eigenvalue weighted by Gasteiger charge is -2.10. The largest absolute Gasteiger partial charge is 0.481 e. The number of pyridine rings is 1. The lowest BCUT2D eigenvalue weighted by atomic mass is 10.2. The molecule has 0 aliphatic carbocycles. The van der Waals surface area contributed by atoms with Gasteiger partial charge in [0.15, 0.2) is 0 Å². The van der Waals surface area contributed by atoms with Gasteiger partial charge in [0.05, 0.1) is 7.11 Å². The summed E-state index contributed by atoms with van der Waals surface area (Å²) in [6, 6.07) is 0.943. The molecule has 0 saturated carbocycles. The van der Waals surface area contributed by atoms with Gasteiger partial charge in [-0.05, 0) is 11.6 Å². The van der Waals surface area contributed by atoms with E-state index in [0.29, 0.717) is 5.56 Å². The zero-order valence-electron chi connectivity index (χ0n) is 7.43. The number of halogens is 3. The Hall–Kier alpha value is -1.52. The van der Waals surface area contributed by atoms with E-state index in [2.05, 4.69) is 16.3 Å². The highest BCUT2D eigenvalue weighted by Crippen LogP contribution is 2.35. The van der Waals surface area contributed by atoms with Crippen LogP contribution in [0.1, 0.15) is 11.1 Å². The van der Waals surface area contributed by atoms with E-state index < -0.39 is 17.6 Å². The molecule has 0 bridgehead atoms. The molecule has 1 aromatic rings. The number of hydrogen-bond donors (Lipinski definition) is 0. The van der Waals surface area contributed by atoms with Crippen molar-refractivity contribution in [1.29, 1.82) is 0 Å². The minimum atomic E-state index is -4.46. The van der Waals surface area contributed by atoms with E-state index in [1.165, 1.54) is 12.3 Å². The maximum absolute atomic E-state index is 12.4. The van der Waals surface area contributed by atoms with Gasteiger partial charge in [-0.15, -0.1) is 0 Å². The van der Waals surface area contributed by atoms with Crippen molar-refractivity contribution in [2.24, 2.45) is 0 Å². The van der Waals surface area contributed by atoms with Gasteiger partial charge in [0.25, 0.3) is 0 Å². The molecule has 1 rings (SSSR count). The van der Waals surface area contributed by atoms with Gasteiger partial charge in [-0.25, -0.2) is 4.98 Å². The summed E-state index contributed by atoms with van der Waals surface area (Å²) in [6.07, 6.45) is -1.90. The zero-order valence-corrected chi connectivity index (χ0v) is 7.43. The molecule has 0 radical (unpaired) electrons. The molecule has 2 nitrogen and oxygen atoms in total. The minimum absolute atomic E-state index is 0.304. The minimum Gasteiger partial charge on any atom is -0.481 e. The molecule has 0 spiro atoms. The van der Waals surface area contributed by atoms with Gasteiger partial charge in [0.1, 0.15) is 5.56 Å². The lowest BCUT2D eigenvalue weighted by Crippen LogP contribution is -2.09. The first kappa shape index (κ1) is 10.6. The monoisotopic (exact) mass is 203 g/mol. The third kappa shape index (κ3) is 2.04. The first-order chi connectivity index (χ1) is 6.49. The standard InChI is InChI=1S/C9H8F3NO/c1-3-6-4-7(9(10,11)12)8(14-2)13-5-6/h3-5H,1H2,2H3. The molecule has 1 aromatic heterocycles. The van der Waals surface area contributed by atoms with Gasteiger partial charge < -0.3 is 4.74 Å². The highest BCUT2D eigenvalue weighted by atomic mass is 19.4. The smallest absolute Gasteiger partial charge is 0.421 e. The second kappa shape index (κ2) is 3.69. The summed E-state index contributed by atoms with van der Waals surface area (Å²) in [7, 11) is 1.14. The molecule has 0 saturated heterocycles. The summed E-state index contributed by atoms with van der Waals surface area (Å²) in [5.74, 6) is -0.428. The Morgan fingerprint density at radius 3 is 2.57 bits per heavy atom. The Kier molecular flexibility index (Phi) is 2.78. The molecule has 14 heavy (non-hydrogen) atoms. The SMILES string of the molecule is C=Cc1cnc(OC)c(C(F)(F)F)c1. The molecule has 0 amide bonds. The van der Waals surface area contributed by atoms with Crippen LogP contribution in [0.5, 0.6) is 5.88 Å². The van der Waals surface area contributed by atoms with Crippen molar-refractivity contribution in [3.05, 3.63) is 30.0 Å². The fourth-order valence-corrected chi connectivity index (χ4v) is 0.946. The first-order valence-electron chi connectivity index (χ1n) is 3.72. The zero-order chi connectivity index (χ0) is 10.8. The van der Waals surface area contributed by atoms with Crippen LogP contribution in [0.2, 0.25) is 0 Å². The number of methoxy groups -OCH3 is 1. The van der Waals surface area contributed by atoms with E-state index in [1.807, 2.05) is 0 Å². The highest BCUT2D eigenvalue weighted by molar-refractivity contribution is 5.49. The quantitative estimate of drug-likeness (QED) is 0.737. The van der Waals surface area contributed by atoms with Crippen LogP contribution in [0.15, 0.2) is 18.8 Å². The molecule has 0 atom stereocenters. The lowest BCUT2D eigenvalue weighted by molar-refractivity contribution is -0.139. The number of aromatic nitrogens is 1. The highest BCUT2D eigenvalue weighted by Gasteiger charge is 2.35.